The molecule has 0 radical (unpaired) electrons. The van der Waals surface area contributed by atoms with E-state index in [-0.39, 0.29) is 18.0 Å². The maximum atomic E-state index is 12.2. The van der Waals surface area contributed by atoms with Crippen molar-refractivity contribution < 1.29 is 14.3 Å². The summed E-state index contributed by atoms with van der Waals surface area (Å²) in [6, 6.07) is 26.1. The lowest BCUT2D eigenvalue weighted by Crippen LogP contribution is -2.49. The van der Waals surface area contributed by atoms with Gasteiger partial charge in [0.15, 0.2) is 5.65 Å². The van der Waals surface area contributed by atoms with Gasteiger partial charge in [0.1, 0.15) is 29.3 Å². The number of fused-ring (bicyclic) bond motifs is 1. The summed E-state index contributed by atoms with van der Waals surface area (Å²) < 4.78 is 8.12. The van der Waals surface area contributed by atoms with Crippen LogP contribution in [0.15, 0.2) is 85.2 Å². The molecule has 0 spiro atoms. The molecule has 3 amide bonds. The van der Waals surface area contributed by atoms with Gasteiger partial charge in [0.25, 0.3) is 0 Å². The first-order valence-corrected chi connectivity index (χ1v) is 21.6. The molecule has 4 aliphatic heterocycles. The first kappa shape index (κ1) is 39.1. The van der Waals surface area contributed by atoms with E-state index in [0.717, 1.165) is 91.0 Å². The zero-order valence-electron chi connectivity index (χ0n) is 33.9. The van der Waals surface area contributed by atoms with Crippen LogP contribution >= 0.6 is 0 Å². The number of urea groups is 1. The Hall–Kier alpha value is -5.37. The van der Waals surface area contributed by atoms with Crippen LogP contribution in [0.4, 0.5) is 16.3 Å². The fraction of sp³-hybridized carbons (Fsp3) is 0.457. The zero-order valence-corrected chi connectivity index (χ0v) is 33.9. The van der Waals surface area contributed by atoms with E-state index in [1.807, 2.05) is 66.7 Å². The highest BCUT2D eigenvalue weighted by molar-refractivity contribution is 6.05. The van der Waals surface area contributed by atoms with Crippen molar-refractivity contribution in [2.75, 3.05) is 76.1 Å². The summed E-state index contributed by atoms with van der Waals surface area (Å²) in [5.74, 6) is 3.17. The van der Waals surface area contributed by atoms with E-state index in [1.54, 1.807) is 11.2 Å². The Morgan fingerprint density at radius 3 is 2.07 bits per heavy atom. The van der Waals surface area contributed by atoms with Crippen LogP contribution in [0.5, 0.6) is 11.5 Å². The number of anilines is 2. The van der Waals surface area contributed by atoms with Gasteiger partial charge >= 0.3 is 6.03 Å². The summed E-state index contributed by atoms with van der Waals surface area (Å²) in [7, 11) is 0. The summed E-state index contributed by atoms with van der Waals surface area (Å²) in [4.78, 5) is 42.4. The van der Waals surface area contributed by atoms with Crippen LogP contribution in [-0.2, 0) is 4.79 Å². The quantitative estimate of drug-likeness (QED) is 0.137. The number of ether oxygens (including phenoxy) is 1. The number of para-hydroxylation sites is 1. The Morgan fingerprint density at radius 1 is 0.712 bits per heavy atom. The minimum absolute atomic E-state index is 0.200. The number of benzene rings is 3. The molecule has 13 nitrogen and oxygen atoms in total. The Balaban J connectivity index is 0.691. The van der Waals surface area contributed by atoms with Gasteiger partial charge in [-0.3, -0.25) is 15.0 Å². The van der Waals surface area contributed by atoms with Gasteiger partial charge in [-0.15, -0.1) is 0 Å². The first-order valence-electron chi connectivity index (χ1n) is 21.6. The fourth-order valence-corrected chi connectivity index (χ4v) is 9.61. The molecule has 13 heteroatoms. The van der Waals surface area contributed by atoms with E-state index < -0.39 is 0 Å². The average molecular weight is 797 g/mol. The highest BCUT2D eigenvalue weighted by Gasteiger charge is 2.29. The number of carbonyl (C=O) groups excluding carboxylic acids is 2. The van der Waals surface area contributed by atoms with E-state index in [2.05, 4.69) is 46.8 Å². The van der Waals surface area contributed by atoms with Gasteiger partial charge in [-0.05, 0) is 150 Å². The van der Waals surface area contributed by atoms with Gasteiger partial charge in [0.05, 0.1) is 11.4 Å². The van der Waals surface area contributed by atoms with Crippen molar-refractivity contribution in [2.45, 2.75) is 63.3 Å². The van der Waals surface area contributed by atoms with Gasteiger partial charge in [-0.2, -0.15) is 5.10 Å². The monoisotopic (exact) mass is 796 g/mol. The molecule has 308 valence electrons. The van der Waals surface area contributed by atoms with Gasteiger partial charge in [-0.1, -0.05) is 30.3 Å². The van der Waals surface area contributed by atoms with E-state index in [4.69, 9.17) is 15.6 Å². The first-order chi connectivity index (χ1) is 28.9. The van der Waals surface area contributed by atoms with E-state index in [0.29, 0.717) is 24.7 Å². The number of imide groups is 1. The second kappa shape index (κ2) is 17.9. The molecule has 9 rings (SSSR count). The highest BCUT2D eigenvalue weighted by atomic mass is 16.5. The second-order valence-electron chi connectivity index (χ2n) is 16.8. The van der Waals surface area contributed by atoms with Gasteiger partial charge in [0.2, 0.25) is 5.91 Å². The number of nitrogens with zero attached hydrogens (tertiary/aromatic N) is 8. The number of aromatic nitrogens is 4. The molecule has 6 heterocycles. The number of piperidine rings is 3. The van der Waals surface area contributed by atoms with E-state index >= 15 is 0 Å². The number of amides is 3. The summed E-state index contributed by atoms with van der Waals surface area (Å²) in [5, 5.41) is 8.36. The number of likely N-dealkylation sites (tertiary alicyclic amines) is 3. The lowest BCUT2D eigenvalue weighted by atomic mass is 9.88. The number of nitrogens with one attached hydrogen (secondary N) is 1. The third-order valence-electron chi connectivity index (χ3n) is 13.0. The molecular weight excluding hydrogens is 741 g/mol. The summed E-state index contributed by atoms with van der Waals surface area (Å²) in [5.41, 5.74) is 11.2. The number of hydrogen-bond donors (Lipinski definition) is 2. The number of hydrogen-bond acceptors (Lipinski definition) is 10. The predicted octanol–water partition coefficient (Wildman–Crippen LogP) is 6.93. The average Bonchev–Trinajstić information content (AvgIpc) is 3.67. The molecular formula is C46H56N10O3. The molecule has 5 aromatic rings. The van der Waals surface area contributed by atoms with Crippen molar-refractivity contribution in [3.05, 3.63) is 90.8 Å². The van der Waals surface area contributed by atoms with Crippen molar-refractivity contribution >= 4 is 34.5 Å². The molecule has 0 unspecified atom stereocenters. The summed E-state index contributed by atoms with van der Waals surface area (Å²) in [6.45, 7) is 10.8. The third kappa shape index (κ3) is 9.12. The lowest BCUT2D eigenvalue weighted by molar-refractivity contribution is -0.120. The Morgan fingerprint density at radius 2 is 1.37 bits per heavy atom. The van der Waals surface area contributed by atoms with Crippen molar-refractivity contribution in [3.63, 3.8) is 0 Å². The van der Waals surface area contributed by atoms with Crippen molar-refractivity contribution in [1.29, 1.82) is 0 Å². The maximum absolute atomic E-state index is 12.2. The van der Waals surface area contributed by atoms with Crippen molar-refractivity contribution in [3.8, 4) is 22.8 Å². The van der Waals surface area contributed by atoms with Crippen LogP contribution in [0.1, 0.15) is 68.9 Å². The molecule has 0 saturated carbocycles. The molecule has 4 fully saturated rings. The zero-order chi connectivity index (χ0) is 40.1. The molecule has 4 saturated heterocycles. The SMILES string of the molecule is Nc1ncnc2c1c(-c1ccc(Oc3ccccc3)cc1)nn2C1CCN(CCCN2CCC(CN3CCC(c4ccc(N5CCC(=O)NC5=O)cc4)CC3)CC2)CC1. The molecule has 59 heavy (non-hydrogen) atoms. The Labute approximate surface area is 346 Å². The summed E-state index contributed by atoms with van der Waals surface area (Å²) >= 11 is 0. The van der Waals surface area contributed by atoms with Crippen LogP contribution in [-0.4, -0.2) is 112 Å². The molecule has 0 atom stereocenters. The van der Waals surface area contributed by atoms with Crippen LogP contribution < -0.4 is 20.7 Å². The Kier molecular flexibility index (Phi) is 11.8. The molecule has 0 bridgehead atoms. The number of nitrogens with two attached hydrogens (primary N) is 1. The number of nitrogen functional groups attached to an aromatic ring is 1. The number of carbonyl (C=O) groups is 2. The minimum Gasteiger partial charge on any atom is -0.457 e. The van der Waals surface area contributed by atoms with Gasteiger partial charge in [-0.25, -0.2) is 19.4 Å². The summed E-state index contributed by atoms with van der Waals surface area (Å²) in [6.07, 6.45) is 10.1. The molecule has 2 aromatic heterocycles. The maximum Gasteiger partial charge on any atom is 0.328 e. The second-order valence-corrected chi connectivity index (χ2v) is 16.8. The molecule has 3 N–H and O–H groups in total. The van der Waals surface area contributed by atoms with Crippen molar-refractivity contribution in [1.82, 2.24) is 39.8 Å². The van der Waals surface area contributed by atoms with Crippen LogP contribution in [0.25, 0.3) is 22.3 Å². The standard InChI is InChI=1S/C46H56N10O3/c47-44-42-43(36-9-13-40(14-10-36)59-39-5-2-1-3-6-39)51-56(45(42)49-32-48-44)38-19-28-53(29-20-38)23-4-22-52-24-15-33(16-25-52)31-54-26-17-35(18-27-54)34-7-11-37(12-8-34)55-30-21-41(57)50-46(55)58/h1-3,5-14,32-33,35,38H,4,15-31H2,(H2,47,48,49)(H,50,57,58). The van der Waals surface area contributed by atoms with E-state index in [1.165, 1.54) is 63.8 Å². The molecule has 0 aliphatic carbocycles. The smallest absolute Gasteiger partial charge is 0.328 e. The van der Waals surface area contributed by atoms with Gasteiger partial charge in [0, 0.05) is 43.9 Å². The van der Waals surface area contributed by atoms with Gasteiger partial charge < -0.3 is 25.2 Å². The lowest BCUT2D eigenvalue weighted by Gasteiger charge is -2.38. The highest BCUT2D eigenvalue weighted by Crippen LogP contribution is 2.36. The Bertz CT molecular complexity index is 2190. The van der Waals surface area contributed by atoms with Crippen LogP contribution in [0.2, 0.25) is 0 Å². The normalized spacial score (nSPS) is 19.7. The van der Waals surface area contributed by atoms with Crippen molar-refractivity contribution in [2.24, 2.45) is 5.92 Å². The predicted molar refractivity (Wildman–Crippen MR) is 231 cm³/mol. The molecule has 4 aliphatic rings. The van der Waals surface area contributed by atoms with Crippen LogP contribution in [0, 0.1) is 5.92 Å². The number of rotatable bonds is 12. The topological polar surface area (TPSA) is 138 Å². The minimum atomic E-state index is -0.325. The van der Waals surface area contributed by atoms with Crippen LogP contribution in [0.3, 0.4) is 0 Å². The van der Waals surface area contributed by atoms with E-state index in [9.17, 15) is 9.59 Å². The molecule has 3 aromatic carbocycles. The largest absolute Gasteiger partial charge is 0.457 e. The fourth-order valence-electron chi connectivity index (χ4n) is 9.61. The third-order valence-corrected chi connectivity index (χ3v) is 13.0.